The van der Waals surface area contributed by atoms with E-state index in [0.717, 1.165) is 32.1 Å². The Bertz CT molecular complexity index is 316. The maximum absolute atomic E-state index is 11.1. The number of aliphatic hydroxyl groups excluding tert-OH is 1. The molecular formula is C12H21N3O3. The van der Waals surface area contributed by atoms with Gasteiger partial charge in [-0.1, -0.05) is 18.0 Å². The number of carbonyl (C=O) groups excluding carboxylic acids is 1. The summed E-state index contributed by atoms with van der Waals surface area (Å²) in [6, 6.07) is 0. The van der Waals surface area contributed by atoms with Crippen molar-refractivity contribution in [2.24, 2.45) is 11.0 Å². The summed E-state index contributed by atoms with van der Waals surface area (Å²) in [6.45, 7) is 1.50. The molecule has 0 spiro atoms. The van der Waals surface area contributed by atoms with Gasteiger partial charge in [0.2, 0.25) is 0 Å². The van der Waals surface area contributed by atoms with E-state index in [0.29, 0.717) is 6.42 Å². The predicted octanol–water partition coefficient (Wildman–Crippen LogP) is 2.56. The van der Waals surface area contributed by atoms with Crippen LogP contribution in [0.1, 0.15) is 45.4 Å². The van der Waals surface area contributed by atoms with Crippen LogP contribution in [0.25, 0.3) is 10.4 Å². The number of ether oxygens (including phenoxy) is 1. The molecule has 0 aromatic heterocycles. The zero-order valence-corrected chi connectivity index (χ0v) is 10.8. The second-order valence-corrected chi connectivity index (χ2v) is 4.85. The van der Waals surface area contributed by atoms with Crippen molar-refractivity contribution in [3.8, 4) is 0 Å². The van der Waals surface area contributed by atoms with Crippen molar-refractivity contribution in [3.05, 3.63) is 10.4 Å². The Morgan fingerprint density at radius 3 is 2.89 bits per heavy atom. The van der Waals surface area contributed by atoms with Gasteiger partial charge >= 0.3 is 5.97 Å². The van der Waals surface area contributed by atoms with Crippen molar-refractivity contribution in [3.63, 3.8) is 0 Å². The Kier molecular flexibility index (Phi) is 6.54. The fraction of sp³-hybridized carbons (Fsp3) is 0.917. The summed E-state index contributed by atoms with van der Waals surface area (Å²) >= 11 is 0. The van der Waals surface area contributed by atoms with Crippen molar-refractivity contribution in [2.45, 2.75) is 57.7 Å². The average molecular weight is 255 g/mol. The van der Waals surface area contributed by atoms with E-state index in [-0.39, 0.29) is 24.5 Å². The molecule has 0 radical (unpaired) electrons. The number of hydrogen-bond donors (Lipinski definition) is 1. The third-order valence-corrected chi connectivity index (χ3v) is 3.34. The first-order valence-corrected chi connectivity index (χ1v) is 6.49. The minimum Gasteiger partial charge on any atom is -0.462 e. The first-order chi connectivity index (χ1) is 8.63. The second-order valence-electron chi connectivity index (χ2n) is 4.85. The molecule has 1 saturated carbocycles. The summed E-state index contributed by atoms with van der Waals surface area (Å²) < 4.78 is 5.34. The standard InChI is InChI=1S/C12H21N3O3/c1-9(16)18-12-6-4-2-3-5-10(12)7-11(17)8-14-15-13/h10-12,17H,2-8H2,1H3/t10-,11+,12-/m0/s1. The Hall–Kier alpha value is -1.26. The van der Waals surface area contributed by atoms with Crippen molar-refractivity contribution < 1.29 is 14.6 Å². The van der Waals surface area contributed by atoms with Crippen LogP contribution in [0.2, 0.25) is 0 Å². The molecule has 0 saturated heterocycles. The predicted molar refractivity (Wildman–Crippen MR) is 66.8 cm³/mol. The smallest absolute Gasteiger partial charge is 0.302 e. The van der Waals surface area contributed by atoms with E-state index in [9.17, 15) is 9.90 Å². The van der Waals surface area contributed by atoms with Crippen molar-refractivity contribution in [1.29, 1.82) is 0 Å². The van der Waals surface area contributed by atoms with Crippen LogP contribution in [-0.4, -0.2) is 29.8 Å². The molecule has 0 aromatic rings. The zero-order valence-electron chi connectivity index (χ0n) is 10.8. The molecule has 0 amide bonds. The number of azide groups is 1. The van der Waals surface area contributed by atoms with Gasteiger partial charge < -0.3 is 9.84 Å². The average Bonchev–Trinajstić information content (AvgIpc) is 2.52. The Morgan fingerprint density at radius 1 is 1.50 bits per heavy atom. The van der Waals surface area contributed by atoms with Crippen molar-refractivity contribution in [2.75, 3.05) is 6.54 Å². The normalized spacial score (nSPS) is 25.7. The molecule has 1 aliphatic rings. The van der Waals surface area contributed by atoms with Gasteiger partial charge in [0.25, 0.3) is 0 Å². The van der Waals surface area contributed by atoms with Gasteiger partial charge in [-0.25, -0.2) is 0 Å². The molecular weight excluding hydrogens is 234 g/mol. The van der Waals surface area contributed by atoms with Gasteiger partial charge in [-0.2, -0.15) is 0 Å². The van der Waals surface area contributed by atoms with Gasteiger partial charge in [0.1, 0.15) is 6.10 Å². The lowest BCUT2D eigenvalue weighted by molar-refractivity contribution is -0.150. The monoisotopic (exact) mass is 255 g/mol. The highest BCUT2D eigenvalue weighted by atomic mass is 16.5. The molecule has 3 atom stereocenters. The number of esters is 1. The molecule has 0 heterocycles. The topological polar surface area (TPSA) is 95.3 Å². The molecule has 102 valence electrons. The Labute approximate surface area is 107 Å². The van der Waals surface area contributed by atoms with E-state index in [1.54, 1.807) is 0 Å². The largest absolute Gasteiger partial charge is 0.462 e. The molecule has 0 aromatic carbocycles. The maximum atomic E-state index is 11.1. The summed E-state index contributed by atoms with van der Waals surface area (Å²) in [4.78, 5) is 13.7. The van der Waals surface area contributed by atoms with Gasteiger partial charge in [0, 0.05) is 11.8 Å². The van der Waals surface area contributed by atoms with E-state index in [1.165, 1.54) is 6.92 Å². The molecule has 1 aliphatic carbocycles. The molecule has 1 fully saturated rings. The first kappa shape index (κ1) is 14.8. The summed E-state index contributed by atoms with van der Waals surface area (Å²) in [7, 11) is 0. The first-order valence-electron chi connectivity index (χ1n) is 6.49. The van der Waals surface area contributed by atoms with Crippen LogP contribution in [-0.2, 0) is 9.53 Å². The number of nitrogens with zero attached hydrogens (tertiary/aromatic N) is 3. The molecule has 18 heavy (non-hydrogen) atoms. The van der Waals surface area contributed by atoms with E-state index in [2.05, 4.69) is 10.0 Å². The third kappa shape index (κ3) is 5.38. The number of carbonyl (C=O) groups is 1. The van der Waals surface area contributed by atoms with Gasteiger partial charge in [-0.3, -0.25) is 4.79 Å². The van der Waals surface area contributed by atoms with E-state index >= 15 is 0 Å². The van der Waals surface area contributed by atoms with Gasteiger partial charge in [-0.05, 0) is 37.1 Å². The van der Waals surface area contributed by atoms with Crippen LogP contribution >= 0.6 is 0 Å². The summed E-state index contributed by atoms with van der Waals surface area (Å²) in [6.07, 6.45) is 4.87. The minimum absolute atomic E-state index is 0.0831. The number of rotatable bonds is 5. The highest BCUT2D eigenvalue weighted by Gasteiger charge is 2.27. The van der Waals surface area contributed by atoms with Crippen LogP contribution in [0.3, 0.4) is 0 Å². The van der Waals surface area contributed by atoms with E-state index in [1.807, 2.05) is 0 Å². The van der Waals surface area contributed by atoms with Gasteiger partial charge in [0.05, 0.1) is 12.6 Å². The highest BCUT2D eigenvalue weighted by Crippen LogP contribution is 2.29. The van der Waals surface area contributed by atoms with E-state index < -0.39 is 6.10 Å². The van der Waals surface area contributed by atoms with Gasteiger partial charge in [0.15, 0.2) is 0 Å². The lowest BCUT2D eigenvalue weighted by Gasteiger charge is -2.26. The van der Waals surface area contributed by atoms with Crippen LogP contribution in [0.5, 0.6) is 0 Å². The summed E-state index contributed by atoms with van der Waals surface area (Å²) in [5.74, 6) is -0.100. The third-order valence-electron chi connectivity index (χ3n) is 3.34. The maximum Gasteiger partial charge on any atom is 0.302 e. The second kappa shape index (κ2) is 7.95. The highest BCUT2D eigenvalue weighted by molar-refractivity contribution is 5.66. The molecule has 1 rings (SSSR count). The molecule has 0 unspecified atom stereocenters. The molecule has 6 heteroatoms. The van der Waals surface area contributed by atoms with Crippen LogP contribution in [0.15, 0.2) is 5.11 Å². The molecule has 6 nitrogen and oxygen atoms in total. The fourth-order valence-corrected chi connectivity index (χ4v) is 2.54. The lowest BCUT2D eigenvalue weighted by Crippen LogP contribution is -2.29. The number of hydrogen-bond acceptors (Lipinski definition) is 4. The fourth-order valence-electron chi connectivity index (χ4n) is 2.54. The molecule has 0 bridgehead atoms. The van der Waals surface area contributed by atoms with Gasteiger partial charge in [-0.15, -0.1) is 0 Å². The Balaban J connectivity index is 2.55. The number of aliphatic hydroxyl groups is 1. The summed E-state index contributed by atoms with van der Waals surface area (Å²) in [5.41, 5.74) is 8.21. The summed E-state index contributed by atoms with van der Waals surface area (Å²) in [5, 5.41) is 13.1. The van der Waals surface area contributed by atoms with Crippen LogP contribution in [0.4, 0.5) is 0 Å². The van der Waals surface area contributed by atoms with E-state index in [4.69, 9.17) is 10.3 Å². The zero-order chi connectivity index (χ0) is 13.4. The molecule has 1 N–H and O–H groups in total. The Morgan fingerprint density at radius 2 is 2.22 bits per heavy atom. The minimum atomic E-state index is -0.651. The van der Waals surface area contributed by atoms with Crippen LogP contribution in [0, 0.1) is 5.92 Å². The van der Waals surface area contributed by atoms with Crippen molar-refractivity contribution in [1.82, 2.24) is 0 Å². The van der Waals surface area contributed by atoms with Crippen molar-refractivity contribution >= 4 is 5.97 Å². The lowest BCUT2D eigenvalue weighted by atomic mass is 9.91. The SMILES string of the molecule is CC(=O)O[C@H]1CCCCC[C@H]1C[C@@H](O)CN=[N+]=[N-]. The van der Waals surface area contributed by atoms with Crippen LogP contribution < -0.4 is 0 Å². The molecule has 0 aliphatic heterocycles. The quantitative estimate of drug-likeness (QED) is 0.269.